The minimum atomic E-state index is -2.36. The van der Waals surface area contributed by atoms with Gasteiger partial charge in [0.05, 0.1) is 0 Å². The summed E-state index contributed by atoms with van der Waals surface area (Å²) in [5.41, 5.74) is -0.587. The summed E-state index contributed by atoms with van der Waals surface area (Å²) < 4.78 is 22.3. The molecule has 3 N–H and O–H groups in total. The Morgan fingerprint density at radius 2 is 2.00 bits per heavy atom. The van der Waals surface area contributed by atoms with Crippen LogP contribution in [0.5, 0.6) is 0 Å². The van der Waals surface area contributed by atoms with Gasteiger partial charge in [-0.3, -0.25) is 9.35 Å². The maximum absolute atomic E-state index is 11.6. The van der Waals surface area contributed by atoms with E-state index < -0.39 is 22.8 Å². The van der Waals surface area contributed by atoms with Crippen LogP contribution in [0.4, 0.5) is 0 Å². The fraction of sp³-hybridized carbons (Fsp3) is 0.462. The molecule has 6 heteroatoms. The SMILES string of the molecule is CCCCC(Cc1ccccc1)(NS(=O)O)C(=O)O. The molecule has 5 nitrogen and oxygen atoms in total. The van der Waals surface area contributed by atoms with Gasteiger partial charge in [-0.15, -0.1) is 0 Å². The summed E-state index contributed by atoms with van der Waals surface area (Å²) in [5.74, 6) is -1.10. The van der Waals surface area contributed by atoms with E-state index in [1.165, 1.54) is 0 Å². The molecule has 0 aliphatic carbocycles. The second kappa shape index (κ2) is 7.37. The van der Waals surface area contributed by atoms with Gasteiger partial charge in [-0.1, -0.05) is 50.1 Å². The van der Waals surface area contributed by atoms with Crippen LogP contribution < -0.4 is 4.72 Å². The lowest BCUT2D eigenvalue weighted by atomic mass is 9.87. The minimum Gasteiger partial charge on any atom is -0.480 e. The molecule has 0 aliphatic rings. The van der Waals surface area contributed by atoms with Gasteiger partial charge in [0.25, 0.3) is 0 Å². The van der Waals surface area contributed by atoms with Crippen molar-refractivity contribution in [1.29, 1.82) is 0 Å². The molecule has 0 aliphatic heterocycles. The molecule has 2 unspecified atom stereocenters. The zero-order valence-corrected chi connectivity index (χ0v) is 11.7. The number of hydrogen-bond acceptors (Lipinski definition) is 2. The molecule has 1 rings (SSSR count). The molecule has 106 valence electrons. The first-order valence-corrected chi connectivity index (χ1v) is 7.27. The first kappa shape index (κ1) is 15.8. The molecule has 0 radical (unpaired) electrons. The van der Waals surface area contributed by atoms with Crippen molar-refractivity contribution in [2.45, 2.75) is 38.1 Å². The highest BCUT2D eigenvalue weighted by molar-refractivity contribution is 7.77. The normalized spacial score (nSPS) is 15.7. The molecule has 1 aromatic rings. The topological polar surface area (TPSA) is 86.6 Å². The summed E-state index contributed by atoms with van der Waals surface area (Å²) in [6.45, 7) is 1.95. The molecular formula is C13H19NO4S. The standard InChI is InChI=1S/C13H19NO4S/c1-2-3-9-13(12(15)16,14-19(17)18)10-11-7-5-4-6-8-11/h4-8,14H,2-3,9-10H2,1H3,(H,15,16)(H,17,18). The molecule has 1 aromatic carbocycles. The summed E-state index contributed by atoms with van der Waals surface area (Å²) >= 11 is -2.36. The predicted octanol–water partition coefficient (Wildman–Crippen LogP) is 1.97. The number of rotatable bonds is 8. The molecule has 0 amide bonds. The summed E-state index contributed by atoms with van der Waals surface area (Å²) in [6.07, 6.45) is 1.97. The zero-order chi connectivity index (χ0) is 14.3. The highest BCUT2D eigenvalue weighted by atomic mass is 32.2. The van der Waals surface area contributed by atoms with Gasteiger partial charge in [-0.2, -0.15) is 4.72 Å². The van der Waals surface area contributed by atoms with Gasteiger partial charge in [-0.25, -0.2) is 4.21 Å². The third-order valence-corrected chi connectivity index (χ3v) is 3.56. The van der Waals surface area contributed by atoms with Gasteiger partial charge >= 0.3 is 5.97 Å². The summed E-state index contributed by atoms with van der Waals surface area (Å²) in [6, 6.07) is 9.10. The second-order valence-electron chi connectivity index (χ2n) is 4.50. The van der Waals surface area contributed by atoms with Gasteiger partial charge in [0.1, 0.15) is 5.54 Å². The minimum absolute atomic E-state index is 0.176. The predicted molar refractivity (Wildman–Crippen MR) is 73.9 cm³/mol. The van der Waals surface area contributed by atoms with Crippen LogP contribution in [-0.4, -0.2) is 25.4 Å². The largest absolute Gasteiger partial charge is 0.480 e. The summed E-state index contributed by atoms with van der Waals surface area (Å²) in [5, 5.41) is 9.45. The van der Waals surface area contributed by atoms with Gasteiger partial charge in [-0.05, 0) is 12.0 Å². The van der Waals surface area contributed by atoms with Crippen LogP contribution >= 0.6 is 0 Å². The lowest BCUT2D eigenvalue weighted by Crippen LogP contribution is -2.54. The maximum atomic E-state index is 11.6. The smallest absolute Gasteiger partial charge is 0.325 e. The van der Waals surface area contributed by atoms with Gasteiger partial charge in [0.15, 0.2) is 0 Å². The van der Waals surface area contributed by atoms with E-state index in [0.717, 1.165) is 12.0 Å². The average Bonchev–Trinajstić information content (AvgIpc) is 2.36. The summed E-state index contributed by atoms with van der Waals surface area (Å²) in [4.78, 5) is 11.6. The molecule has 19 heavy (non-hydrogen) atoms. The summed E-state index contributed by atoms with van der Waals surface area (Å²) in [7, 11) is 0. The Balaban J connectivity index is 3.00. The lowest BCUT2D eigenvalue weighted by Gasteiger charge is -2.29. The van der Waals surface area contributed by atoms with Crippen LogP contribution in [-0.2, 0) is 22.5 Å². The number of carbonyl (C=O) groups is 1. The van der Waals surface area contributed by atoms with Crippen molar-refractivity contribution in [3.63, 3.8) is 0 Å². The van der Waals surface area contributed by atoms with Crippen molar-refractivity contribution in [3.8, 4) is 0 Å². The van der Waals surface area contributed by atoms with E-state index in [-0.39, 0.29) is 6.42 Å². The Labute approximate surface area is 115 Å². The average molecular weight is 285 g/mol. The fourth-order valence-corrected chi connectivity index (χ4v) is 2.59. The van der Waals surface area contributed by atoms with Crippen molar-refractivity contribution in [1.82, 2.24) is 4.72 Å². The molecule has 0 spiro atoms. The molecular weight excluding hydrogens is 266 g/mol. The Kier molecular flexibility index (Phi) is 6.14. The van der Waals surface area contributed by atoms with Crippen LogP contribution in [0.1, 0.15) is 31.7 Å². The van der Waals surface area contributed by atoms with E-state index >= 15 is 0 Å². The first-order chi connectivity index (χ1) is 9.00. The molecule has 0 heterocycles. The van der Waals surface area contributed by atoms with Crippen molar-refractivity contribution in [3.05, 3.63) is 35.9 Å². The van der Waals surface area contributed by atoms with Crippen molar-refractivity contribution in [2.75, 3.05) is 0 Å². The molecule has 0 saturated heterocycles. The van der Waals surface area contributed by atoms with Gasteiger partial charge in [0, 0.05) is 6.42 Å². The van der Waals surface area contributed by atoms with Crippen molar-refractivity contribution < 1.29 is 18.7 Å². The Morgan fingerprint density at radius 3 is 2.47 bits per heavy atom. The maximum Gasteiger partial charge on any atom is 0.325 e. The number of benzene rings is 1. The van der Waals surface area contributed by atoms with E-state index in [1.54, 1.807) is 0 Å². The quantitative estimate of drug-likeness (QED) is 0.637. The van der Waals surface area contributed by atoms with E-state index in [1.807, 2.05) is 37.3 Å². The van der Waals surface area contributed by atoms with Crippen LogP contribution in [0.3, 0.4) is 0 Å². The van der Waals surface area contributed by atoms with Crippen LogP contribution in [0.15, 0.2) is 30.3 Å². The Bertz CT molecular complexity index is 438. The first-order valence-electron chi connectivity index (χ1n) is 6.16. The molecule has 2 atom stereocenters. The monoisotopic (exact) mass is 285 g/mol. The molecule has 0 bridgehead atoms. The number of carboxylic acids is 1. The number of aliphatic carboxylic acids is 1. The Hall–Kier alpha value is -1.24. The van der Waals surface area contributed by atoms with E-state index in [2.05, 4.69) is 4.72 Å². The van der Waals surface area contributed by atoms with Crippen molar-refractivity contribution in [2.24, 2.45) is 0 Å². The number of carboxylic acid groups (broad SMARTS) is 1. The van der Waals surface area contributed by atoms with Crippen molar-refractivity contribution >= 4 is 17.2 Å². The Morgan fingerprint density at radius 1 is 1.37 bits per heavy atom. The number of nitrogens with one attached hydrogen (secondary N) is 1. The second-order valence-corrected chi connectivity index (χ2v) is 5.21. The van der Waals surface area contributed by atoms with Gasteiger partial charge < -0.3 is 5.11 Å². The lowest BCUT2D eigenvalue weighted by molar-refractivity contribution is -0.144. The van der Waals surface area contributed by atoms with Gasteiger partial charge in [0.2, 0.25) is 11.3 Å². The third-order valence-electron chi connectivity index (χ3n) is 3.00. The molecule has 0 fully saturated rings. The molecule has 0 aromatic heterocycles. The highest BCUT2D eigenvalue weighted by Gasteiger charge is 2.39. The highest BCUT2D eigenvalue weighted by Crippen LogP contribution is 2.21. The zero-order valence-electron chi connectivity index (χ0n) is 10.8. The number of hydrogen-bond donors (Lipinski definition) is 3. The third kappa shape index (κ3) is 4.74. The van der Waals surface area contributed by atoms with Crippen LogP contribution in [0.2, 0.25) is 0 Å². The molecule has 0 saturated carbocycles. The van der Waals surface area contributed by atoms with Crippen LogP contribution in [0, 0.1) is 0 Å². The van der Waals surface area contributed by atoms with E-state index in [0.29, 0.717) is 12.8 Å². The fourth-order valence-electron chi connectivity index (χ4n) is 1.99. The van der Waals surface area contributed by atoms with E-state index in [9.17, 15) is 14.1 Å². The van der Waals surface area contributed by atoms with Crippen LogP contribution in [0.25, 0.3) is 0 Å². The number of unbranched alkanes of at least 4 members (excludes halogenated alkanes) is 1. The van der Waals surface area contributed by atoms with E-state index in [4.69, 9.17) is 4.55 Å².